The molecular weight excluding hydrogens is 267 g/mol. The predicted octanol–water partition coefficient (Wildman–Crippen LogP) is 2.33. The second kappa shape index (κ2) is 6.36. The maximum atomic E-state index is 13.9. The second-order valence-electron chi connectivity index (χ2n) is 4.98. The van der Waals surface area contributed by atoms with Crippen molar-refractivity contribution in [3.8, 4) is 5.75 Å². The summed E-state index contributed by atoms with van der Waals surface area (Å²) in [5, 5.41) is 0. The number of ether oxygens (including phenoxy) is 3. The maximum Gasteiger partial charge on any atom is 0.344 e. The smallest absolute Gasteiger partial charge is 0.344 e. The molecule has 1 rings (SSSR count). The lowest BCUT2D eigenvalue weighted by molar-refractivity contribution is -0.157. The van der Waals surface area contributed by atoms with Crippen LogP contribution in [-0.4, -0.2) is 31.3 Å². The van der Waals surface area contributed by atoms with Crippen molar-refractivity contribution < 1.29 is 28.2 Å². The molecule has 20 heavy (non-hydrogen) atoms. The highest BCUT2D eigenvalue weighted by molar-refractivity contribution is 5.90. The van der Waals surface area contributed by atoms with E-state index in [1.807, 2.05) is 0 Å². The number of esters is 2. The molecule has 0 heterocycles. The van der Waals surface area contributed by atoms with Gasteiger partial charge < -0.3 is 14.2 Å². The summed E-state index contributed by atoms with van der Waals surface area (Å²) in [6.45, 7) is 4.69. The van der Waals surface area contributed by atoms with Crippen molar-refractivity contribution in [1.29, 1.82) is 0 Å². The van der Waals surface area contributed by atoms with Crippen molar-refractivity contribution in [3.05, 3.63) is 29.6 Å². The number of methoxy groups -OCH3 is 1. The highest BCUT2D eigenvalue weighted by Crippen LogP contribution is 2.21. The zero-order chi connectivity index (χ0) is 15.3. The van der Waals surface area contributed by atoms with E-state index in [1.54, 1.807) is 20.8 Å². The van der Waals surface area contributed by atoms with Crippen molar-refractivity contribution in [2.75, 3.05) is 13.7 Å². The molecule has 110 valence electrons. The topological polar surface area (TPSA) is 61.8 Å². The first-order valence-electron chi connectivity index (χ1n) is 5.96. The molecule has 0 amide bonds. The molecule has 1 aromatic rings. The number of carbonyl (C=O) groups is 2. The van der Waals surface area contributed by atoms with Crippen molar-refractivity contribution in [2.45, 2.75) is 26.4 Å². The van der Waals surface area contributed by atoms with Gasteiger partial charge in [0.05, 0.1) is 12.7 Å². The van der Waals surface area contributed by atoms with Gasteiger partial charge in [-0.1, -0.05) is 6.07 Å². The van der Waals surface area contributed by atoms with Gasteiger partial charge in [-0.2, -0.15) is 0 Å². The number of halogens is 1. The maximum absolute atomic E-state index is 13.9. The number of hydrogen-bond donors (Lipinski definition) is 0. The fourth-order valence-corrected chi connectivity index (χ4v) is 1.40. The Hall–Kier alpha value is -2.11. The fraction of sp³-hybridized carbons (Fsp3) is 0.429. The van der Waals surface area contributed by atoms with Crippen molar-refractivity contribution in [1.82, 2.24) is 0 Å². The minimum absolute atomic E-state index is 0.209. The Morgan fingerprint density at radius 3 is 2.45 bits per heavy atom. The van der Waals surface area contributed by atoms with Gasteiger partial charge >= 0.3 is 11.9 Å². The number of carbonyl (C=O) groups excluding carboxylic acids is 2. The molecule has 0 fully saturated rings. The zero-order valence-electron chi connectivity index (χ0n) is 11.9. The van der Waals surface area contributed by atoms with Crippen LogP contribution in [0.25, 0.3) is 0 Å². The van der Waals surface area contributed by atoms with Crippen LogP contribution in [0.4, 0.5) is 4.39 Å². The molecule has 0 spiro atoms. The molecule has 0 aromatic heterocycles. The van der Waals surface area contributed by atoms with Crippen LogP contribution in [0.15, 0.2) is 18.2 Å². The average molecular weight is 284 g/mol. The Labute approximate surface area is 116 Å². The van der Waals surface area contributed by atoms with Gasteiger partial charge in [0.25, 0.3) is 0 Å². The van der Waals surface area contributed by atoms with E-state index in [2.05, 4.69) is 4.74 Å². The van der Waals surface area contributed by atoms with E-state index in [9.17, 15) is 14.0 Å². The van der Waals surface area contributed by atoms with Gasteiger partial charge in [-0.25, -0.2) is 14.0 Å². The van der Waals surface area contributed by atoms with E-state index < -0.39 is 30.0 Å². The highest BCUT2D eigenvalue weighted by atomic mass is 19.1. The molecule has 0 N–H and O–H groups in total. The Balaban J connectivity index is 2.74. The molecule has 0 aliphatic rings. The van der Waals surface area contributed by atoms with Crippen molar-refractivity contribution in [3.63, 3.8) is 0 Å². The van der Waals surface area contributed by atoms with Crippen LogP contribution in [0.1, 0.15) is 31.1 Å². The third-order valence-corrected chi connectivity index (χ3v) is 2.13. The summed E-state index contributed by atoms with van der Waals surface area (Å²) in [6.07, 6.45) is 0. The van der Waals surface area contributed by atoms with Crippen molar-refractivity contribution in [2.24, 2.45) is 0 Å². The van der Waals surface area contributed by atoms with Gasteiger partial charge in [-0.05, 0) is 32.9 Å². The normalized spacial score (nSPS) is 10.8. The first-order chi connectivity index (χ1) is 9.24. The first-order valence-corrected chi connectivity index (χ1v) is 5.96. The fourth-order valence-electron chi connectivity index (χ4n) is 1.40. The van der Waals surface area contributed by atoms with Crippen LogP contribution in [-0.2, 0) is 14.3 Å². The Morgan fingerprint density at radius 2 is 1.90 bits per heavy atom. The summed E-state index contributed by atoms with van der Waals surface area (Å²) in [5.74, 6) is -2.52. The molecule has 0 saturated heterocycles. The van der Waals surface area contributed by atoms with Gasteiger partial charge in [0.2, 0.25) is 0 Å². The quantitative estimate of drug-likeness (QED) is 0.794. The Kier molecular flexibility index (Phi) is 5.07. The number of rotatable bonds is 4. The minimum Gasteiger partial charge on any atom is -0.479 e. The SMILES string of the molecule is COC(=O)c1cccc(OCC(=O)OC(C)(C)C)c1F. The Bertz CT molecular complexity index is 505. The molecule has 0 bridgehead atoms. The molecule has 1 aromatic carbocycles. The van der Waals surface area contributed by atoms with E-state index in [4.69, 9.17) is 9.47 Å². The van der Waals surface area contributed by atoms with Gasteiger partial charge in [0.1, 0.15) is 5.60 Å². The van der Waals surface area contributed by atoms with Crippen LogP contribution in [0.3, 0.4) is 0 Å². The monoisotopic (exact) mass is 284 g/mol. The first kappa shape index (κ1) is 15.9. The van der Waals surface area contributed by atoms with Gasteiger partial charge in [0.15, 0.2) is 18.2 Å². The van der Waals surface area contributed by atoms with E-state index in [-0.39, 0.29) is 11.3 Å². The lowest BCUT2D eigenvalue weighted by Gasteiger charge is -2.19. The second-order valence-corrected chi connectivity index (χ2v) is 4.98. The third kappa shape index (κ3) is 4.53. The summed E-state index contributed by atoms with van der Waals surface area (Å²) in [5.41, 5.74) is -0.901. The molecule has 0 aliphatic heterocycles. The number of hydrogen-bond acceptors (Lipinski definition) is 5. The molecule has 6 heteroatoms. The molecule has 0 saturated carbocycles. The molecular formula is C14H17FO5. The van der Waals surface area contributed by atoms with E-state index in [1.165, 1.54) is 18.2 Å². The molecule has 0 radical (unpaired) electrons. The Morgan fingerprint density at radius 1 is 1.25 bits per heavy atom. The van der Waals surface area contributed by atoms with E-state index in [0.29, 0.717) is 0 Å². The van der Waals surface area contributed by atoms with Gasteiger partial charge in [0, 0.05) is 0 Å². The molecule has 0 atom stereocenters. The van der Waals surface area contributed by atoms with Gasteiger partial charge in [-0.3, -0.25) is 0 Å². The van der Waals surface area contributed by atoms with E-state index in [0.717, 1.165) is 7.11 Å². The van der Waals surface area contributed by atoms with E-state index >= 15 is 0 Å². The zero-order valence-corrected chi connectivity index (χ0v) is 11.9. The standard InChI is InChI=1S/C14H17FO5/c1-14(2,3)20-11(16)8-19-10-7-5-6-9(12(10)15)13(17)18-4/h5-7H,8H2,1-4H3. The summed E-state index contributed by atoms with van der Waals surface area (Å²) >= 11 is 0. The summed E-state index contributed by atoms with van der Waals surface area (Å²) in [7, 11) is 1.15. The van der Waals surface area contributed by atoms with Crippen LogP contribution in [0.5, 0.6) is 5.75 Å². The minimum atomic E-state index is -0.872. The van der Waals surface area contributed by atoms with Crippen LogP contribution < -0.4 is 4.74 Å². The van der Waals surface area contributed by atoms with Gasteiger partial charge in [-0.15, -0.1) is 0 Å². The lowest BCUT2D eigenvalue weighted by atomic mass is 10.2. The third-order valence-electron chi connectivity index (χ3n) is 2.13. The summed E-state index contributed by atoms with van der Waals surface area (Å²) < 4.78 is 28.4. The summed E-state index contributed by atoms with van der Waals surface area (Å²) in [4.78, 5) is 22.8. The van der Waals surface area contributed by atoms with Crippen LogP contribution in [0.2, 0.25) is 0 Å². The highest BCUT2D eigenvalue weighted by Gasteiger charge is 2.19. The lowest BCUT2D eigenvalue weighted by Crippen LogP contribution is -2.27. The van der Waals surface area contributed by atoms with Crippen molar-refractivity contribution >= 4 is 11.9 Å². The molecule has 5 nitrogen and oxygen atoms in total. The van der Waals surface area contributed by atoms with Crippen LogP contribution in [0, 0.1) is 5.82 Å². The predicted molar refractivity (Wildman–Crippen MR) is 69.1 cm³/mol. The molecule has 0 aliphatic carbocycles. The molecule has 0 unspecified atom stereocenters. The average Bonchev–Trinajstić information content (AvgIpc) is 2.34. The largest absolute Gasteiger partial charge is 0.479 e. The summed E-state index contributed by atoms with van der Waals surface area (Å²) in [6, 6.07) is 4.01. The van der Waals surface area contributed by atoms with Crippen LogP contribution >= 0.6 is 0 Å². The number of benzene rings is 1.